The van der Waals surface area contributed by atoms with Gasteiger partial charge in [-0.05, 0) is 43.5 Å². The first-order chi connectivity index (χ1) is 9.86. The maximum Gasteiger partial charge on any atom is 0.124 e. The Labute approximate surface area is 120 Å². The quantitative estimate of drug-likeness (QED) is 0.898. The molecule has 20 heavy (non-hydrogen) atoms. The van der Waals surface area contributed by atoms with Gasteiger partial charge in [-0.3, -0.25) is 0 Å². The Bertz CT molecular complexity index is 443. The van der Waals surface area contributed by atoms with Crippen LogP contribution in [0.25, 0.3) is 0 Å². The van der Waals surface area contributed by atoms with E-state index in [1.165, 1.54) is 18.4 Å². The molecule has 110 valence electrons. The van der Waals surface area contributed by atoms with E-state index >= 15 is 0 Å². The van der Waals surface area contributed by atoms with Gasteiger partial charge in [-0.15, -0.1) is 0 Å². The molecule has 0 bridgehead atoms. The second-order valence-electron chi connectivity index (χ2n) is 5.57. The van der Waals surface area contributed by atoms with Gasteiger partial charge in [0.15, 0.2) is 0 Å². The summed E-state index contributed by atoms with van der Waals surface area (Å²) >= 11 is 0. The van der Waals surface area contributed by atoms with E-state index in [0.29, 0.717) is 6.04 Å². The topological polar surface area (TPSA) is 39.7 Å². The predicted molar refractivity (Wildman–Crippen MR) is 77.4 cm³/mol. The van der Waals surface area contributed by atoms with E-state index in [-0.39, 0.29) is 0 Å². The minimum atomic E-state index is 0.371. The highest BCUT2D eigenvalue weighted by atomic mass is 16.5. The van der Waals surface area contributed by atoms with E-state index in [1.54, 1.807) is 7.11 Å². The molecule has 4 nitrogen and oxygen atoms in total. The van der Waals surface area contributed by atoms with Crippen molar-refractivity contribution >= 4 is 0 Å². The number of ether oxygens (including phenoxy) is 3. The van der Waals surface area contributed by atoms with Crippen LogP contribution in [0.5, 0.6) is 11.5 Å². The number of rotatable bonds is 5. The Morgan fingerprint density at radius 2 is 2.25 bits per heavy atom. The number of fused-ring (bicyclic) bond motifs is 1. The average molecular weight is 277 g/mol. The Morgan fingerprint density at radius 3 is 3.05 bits per heavy atom. The Hall–Kier alpha value is -1.26. The molecule has 3 rings (SSSR count). The highest BCUT2D eigenvalue weighted by Gasteiger charge is 2.22. The maximum atomic E-state index is 5.72. The number of hydrogen-bond acceptors (Lipinski definition) is 4. The van der Waals surface area contributed by atoms with E-state index < -0.39 is 0 Å². The summed E-state index contributed by atoms with van der Waals surface area (Å²) in [5.41, 5.74) is 1.22. The molecule has 2 aliphatic rings. The van der Waals surface area contributed by atoms with Crippen LogP contribution >= 0.6 is 0 Å². The molecule has 1 saturated heterocycles. The van der Waals surface area contributed by atoms with Crippen molar-refractivity contribution in [3.63, 3.8) is 0 Å². The fraction of sp³-hybridized carbons (Fsp3) is 0.625. The minimum Gasteiger partial charge on any atom is -0.497 e. The largest absolute Gasteiger partial charge is 0.497 e. The number of nitrogens with one attached hydrogen (secondary N) is 1. The molecule has 2 heterocycles. The fourth-order valence-corrected chi connectivity index (χ4v) is 2.98. The first kappa shape index (κ1) is 13.7. The van der Waals surface area contributed by atoms with Crippen LogP contribution in [-0.4, -0.2) is 33.5 Å². The molecule has 4 heteroatoms. The lowest BCUT2D eigenvalue weighted by Gasteiger charge is -2.27. The van der Waals surface area contributed by atoms with Crippen molar-refractivity contribution in [2.24, 2.45) is 5.92 Å². The van der Waals surface area contributed by atoms with Crippen LogP contribution in [0.3, 0.4) is 0 Å². The number of hydrogen-bond donors (Lipinski definition) is 1. The van der Waals surface area contributed by atoms with Crippen LogP contribution in [0.4, 0.5) is 0 Å². The SMILES string of the molecule is COc1ccc2c(c1)C(NCCC1CCOC1)CCO2. The molecule has 1 N–H and O–H groups in total. The predicted octanol–water partition coefficient (Wildman–Crippen LogP) is 2.54. The monoisotopic (exact) mass is 277 g/mol. The van der Waals surface area contributed by atoms with Crippen LogP contribution in [0, 0.1) is 5.92 Å². The summed E-state index contributed by atoms with van der Waals surface area (Å²) in [5, 5.41) is 3.66. The van der Waals surface area contributed by atoms with Gasteiger partial charge in [0, 0.05) is 31.2 Å². The summed E-state index contributed by atoms with van der Waals surface area (Å²) in [6.07, 6.45) is 3.41. The van der Waals surface area contributed by atoms with E-state index in [0.717, 1.165) is 50.2 Å². The molecular weight excluding hydrogens is 254 g/mol. The number of benzene rings is 1. The van der Waals surface area contributed by atoms with Crippen molar-refractivity contribution in [3.05, 3.63) is 23.8 Å². The van der Waals surface area contributed by atoms with Gasteiger partial charge in [-0.25, -0.2) is 0 Å². The Kier molecular flexibility index (Phi) is 4.43. The molecule has 1 aromatic carbocycles. The summed E-state index contributed by atoms with van der Waals surface area (Å²) in [6, 6.07) is 6.42. The van der Waals surface area contributed by atoms with Gasteiger partial charge in [0.1, 0.15) is 11.5 Å². The molecular formula is C16H23NO3. The van der Waals surface area contributed by atoms with E-state index in [4.69, 9.17) is 14.2 Å². The molecule has 0 aromatic heterocycles. The fourth-order valence-electron chi connectivity index (χ4n) is 2.98. The first-order valence-electron chi connectivity index (χ1n) is 7.48. The summed E-state index contributed by atoms with van der Waals surface area (Å²) in [7, 11) is 1.70. The van der Waals surface area contributed by atoms with Gasteiger partial charge in [0.2, 0.25) is 0 Å². The van der Waals surface area contributed by atoms with Gasteiger partial charge in [0.05, 0.1) is 13.7 Å². The smallest absolute Gasteiger partial charge is 0.124 e. The summed E-state index contributed by atoms with van der Waals surface area (Å²) in [6.45, 7) is 3.68. The minimum absolute atomic E-state index is 0.371. The number of methoxy groups -OCH3 is 1. The van der Waals surface area contributed by atoms with E-state index in [9.17, 15) is 0 Å². The van der Waals surface area contributed by atoms with Crippen LogP contribution in [-0.2, 0) is 4.74 Å². The van der Waals surface area contributed by atoms with Crippen molar-refractivity contribution in [1.29, 1.82) is 0 Å². The van der Waals surface area contributed by atoms with E-state index in [2.05, 4.69) is 11.4 Å². The molecule has 0 spiro atoms. The summed E-state index contributed by atoms with van der Waals surface area (Å²) in [5.74, 6) is 2.61. The van der Waals surface area contributed by atoms with Gasteiger partial charge in [0.25, 0.3) is 0 Å². The zero-order valence-corrected chi connectivity index (χ0v) is 12.1. The van der Waals surface area contributed by atoms with Gasteiger partial charge in [-0.2, -0.15) is 0 Å². The van der Waals surface area contributed by atoms with Gasteiger partial charge < -0.3 is 19.5 Å². The zero-order valence-electron chi connectivity index (χ0n) is 12.1. The lowest BCUT2D eigenvalue weighted by atomic mass is 9.99. The molecule has 2 atom stereocenters. The zero-order chi connectivity index (χ0) is 13.8. The lowest BCUT2D eigenvalue weighted by molar-refractivity contribution is 0.183. The third-order valence-electron chi connectivity index (χ3n) is 4.22. The van der Waals surface area contributed by atoms with Gasteiger partial charge >= 0.3 is 0 Å². The van der Waals surface area contributed by atoms with Gasteiger partial charge in [-0.1, -0.05) is 0 Å². The molecule has 0 amide bonds. The van der Waals surface area contributed by atoms with Crippen LogP contribution < -0.4 is 14.8 Å². The van der Waals surface area contributed by atoms with Crippen LogP contribution in [0.1, 0.15) is 30.9 Å². The molecule has 2 unspecified atom stereocenters. The second kappa shape index (κ2) is 6.46. The first-order valence-corrected chi connectivity index (χ1v) is 7.48. The normalized spacial score (nSPS) is 25.1. The Balaban J connectivity index is 1.60. The standard InChI is InChI=1S/C16H23NO3/c1-18-13-2-3-16-14(10-13)15(6-9-20-16)17-7-4-12-5-8-19-11-12/h2-3,10,12,15,17H,4-9,11H2,1H3. The Morgan fingerprint density at radius 1 is 1.30 bits per heavy atom. The van der Waals surface area contributed by atoms with Crippen LogP contribution in [0.15, 0.2) is 18.2 Å². The molecule has 0 radical (unpaired) electrons. The second-order valence-corrected chi connectivity index (χ2v) is 5.57. The molecule has 1 fully saturated rings. The maximum absolute atomic E-state index is 5.72. The van der Waals surface area contributed by atoms with Crippen molar-refractivity contribution in [3.8, 4) is 11.5 Å². The van der Waals surface area contributed by atoms with Crippen LogP contribution in [0.2, 0.25) is 0 Å². The molecule has 0 saturated carbocycles. The summed E-state index contributed by atoms with van der Waals surface area (Å²) in [4.78, 5) is 0. The highest BCUT2D eigenvalue weighted by molar-refractivity contribution is 5.43. The van der Waals surface area contributed by atoms with Crippen molar-refractivity contribution < 1.29 is 14.2 Å². The third-order valence-corrected chi connectivity index (χ3v) is 4.22. The summed E-state index contributed by atoms with van der Waals surface area (Å²) < 4.78 is 16.5. The molecule has 2 aliphatic heterocycles. The van der Waals surface area contributed by atoms with Crippen molar-refractivity contribution in [2.45, 2.75) is 25.3 Å². The molecule has 0 aliphatic carbocycles. The third kappa shape index (κ3) is 3.07. The average Bonchev–Trinajstić information content (AvgIpc) is 3.00. The lowest BCUT2D eigenvalue weighted by Crippen LogP contribution is -2.28. The van der Waals surface area contributed by atoms with E-state index in [1.807, 2.05) is 12.1 Å². The molecule has 1 aromatic rings. The van der Waals surface area contributed by atoms with Crippen molar-refractivity contribution in [2.75, 3.05) is 33.5 Å². The van der Waals surface area contributed by atoms with Crippen molar-refractivity contribution in [1.82, 2.24) is 5.32 Å². The highest BCUT2D eigenvalue weighted by Crippen LogP contribution is 2.34.